The number of halogens is 1. The summed E-state index contributed by atoms with van der Waals surface area (Å²) in [6, 6.07) is 42.7. The molecule has 0 radical (unpaired) electrons. The van der Waals surface area contributed by atoms with Gasteiger partial charge in [-0.25, -0.2) is 0 Å². The molecule has 0 spiro atoms. The molecule has 45 heavy (non-hydrogen) atoms. The first kappa shape index (κ1) is 30.6. The van der Waals surface area contributed by atoms with Crippen molar-refractivity contribution in [3.63, 3.8) is 0 Å². The summed E-state index contributed by atoms with van der Waals surface area (Å²) in [5, 5.41) is 0. The molecule has 0 bridgehead atoms. The molecule has 4 aromatic carbocycles. The van der Waals surface area contributed by atoms with Gasteiger partial charge in [0.25, 0.3) is 0 Å². The highest BCUT2D eigenvalue weighted by Crippen LogP contribution is 2.39. The van der Waals surface area contributed by atoms with Crippen LogP contribution in [-0.4, -0.2) is 29.9 Å². The van der Waals surface area contributed by atoms with Crippen molar-refractivity contribution in [2.24, 2.45) is 0 Å². The average molecular weight is 606 g/mol. The number of benzene rings is 4. The normalized spacial score (nSPS) is 19.4. The SMILES string of the molecule is Fc1nc(OCc2ccccc2)ccc1[C@@H]1O[C@H](COCc2ccccc2)C(OCc2ccccc2)C1OCc1ccccc1. The molecule has 1 saturated heterocycles. The summed E-state index contributed by atoms with van der Waals surface area (Å²) in [7, 11) is 0. The van der Waals surface area contributed by atoms with Crippen LogP contribution in [0.3, 0.4) is 0 Å². The lowest BCUT2D eigenvalue weighted by molar-refractivity contribution is -0.0898. The zero-order chi connectivity index (χ0) is 30.7. The third-order valence-corrected chi connectivity index (χ3v) is 7.66. The molecule has 1 aliphatic rings. The van der Waals surface area contributed by atoms with Crippen molar-refractivity contribution in [2.45, 2.75) is 50.8 Å². The molecule has 4 atom stereocenters. The Hall–Kier alpha value is -4.40. The summed E-state index contributed by atoms with van der Waals surface area (Å²) < 4.78 is 47.2. The van der Waals surface area contributed by atoms with E-state index in [0.717, 1.165) is 22.3 Å². The van der Waals surface area contributed by atoms with Gasteiger partial charge in [0.05, 0.1) is 26.4 Å². The fourth-order valence-electron chi connectivity index (χ4n) is 5.35. The number of hydrogen-bond donors (Lipinski definition) is 0. The molecule has 1 fully saturated rings. The number of aromatic nitrogens is 1. The lowest BCUT2D eigenvalue weighted by Gasteiger charge is -2.25. The average Bonchev–Trinajstić information content (AvgIpc) is 3.43. The standard InChI is InChI=1S/C38H36FNO5/c39-38-32(21-22-34(40-38)42-24-29-15-7-2-8-16-29)35-37(44-26-31-19-11-4-12-20-31)36(43-25-30-17-9-3-10-18-30)33(45-35)27-41-23-28-13-5-1-6-14-28/h1-22,33,35-37H,23-27H2/t33-,35+,36?,37?/m1/s1. The molecular formula is C38H36FNO5. The van der Waals surface area contributed by atoms with Crippen LogP contribution in [0.1, 0.15) is 33.9 Å². The van der Waals surface area contributed by atoms with E-state index in [9.17, 15) is 0 Å². The van der Waals surface area contributed by atoms with Crippen LogP contribution < -0.4 is 4.74 Å². The second-order valence-corrected chi connectivity index (χ2v) is 10.9. The van der Waals surface area contributed by atoms with Gasteiger partial charge in [-0.2, -0.15) is 9.37 Å². The molecule has 0 N–H and O–H groups in total. The maximum absolute atomic E-state index is 15.7. The van der Waals surface area contributed by atoms with Crippen LogP contribution in [-0.2, 0) is 45.4 Å². The van der Waals surface area contributed by atoms with Crippen molar-refractivity contribution >= 4 is 0 Å². The molecule has 0 aliphatic carbocycles. The van der Waals surface area contributed by atoms with Crippen molar-refractivity contribution in [2.75, 3.05) is 6.61 Å². The van der Waals surface area contributed by atoms with Gasteiger partial charge in [-0.05, 0) is 28.3 Å². The number of hydrogen-bond acceptors (Lipinski definition) is 6. The van der Waals surface area contributed by atoms with E-state index < -0.39 is 30.4 Å². The summed E-state index contributed by atoms with van der Waals surface area (Å²) >= 11 is 0. The van der Waals surface area contributed by atoms with Gasteiger partial charge >= 0.3 is 0 Å². The largest absolute Gasteiger partial charge is 0.473 e. The highest BCUT2D eigenvalue weighted by atomic mass is 19.1. The van der Waals surface area contributed by atoms with E-state index in [0.29, 0.717) is 19.8 Å². The summed E-state index contributed by atoms with van der Waals surface area (Å²) in [4.78, 5) is 4.13. The van der Waals surface area contributed by atoms with Crippen LogP contribution in [0.25, 0.3) is 0 Å². The Morgan fingerprint density at radius 1 is 0.556 bits per heavy atom. The predicted octanol–water partition coefficient (Wildman–Crippen LogP) is 7.63. The Labute approximate surface area is 263 Å². The molecule has 0 amide bonds. The zero-order valence-electron chi connectivity index (χ0n) is 24.9. The number of pyridine rings is 1. The maximum Gasteiger partial charge on any atom is 0.222 e. The summed E-state index contributed by atoms with van der Waals surface area (Å²) in [6.45, 7) is 1.58. The quantitative estimate of drug-likeness (QED) is 0.121. The van der Waals surface area contributed by atoms with Gasteiger partial charge in [0.1, 0.15) is 31.0 Å². The minimum atomic E-state index is -0.782. The molecule has 7 heteroatoms. The molecule has 6 nitrogen and oxygen atoms in total. The van der Waals surface area contributed by atoms with Crippen LogP contribution in [0.5, 0.6) is 5.88 Å². The van der Waals surface area contributed by atoms with E-state index in [1.165, 1.54) is 0 Å². The Kier molecular flexibility index (Phi) is 10.6. The lowest BCUT2D eigenvalue weighted by atomic mass is 10.0. The Balaban J connectivity index is 1.24. The topological polar surface area (TPSA) is 59.0 Å². The number of nitrogens with zero attached hydrogens (tertiary/aromatic N) is 1. The Bertz CT molecular complexity index is 1590. The Morgan fingerprint density at radius 3 is 1.58 bits per heavy atom. The van der Waals surface area contributed by atoms with Gasteiger partial charge in [-0.1, -0.05) is 121 Å². The fraction of sp³-hybridized carbons (Fsp3) is 0.237. The van der Waals surface area contributed by atoms with Gasteiger partial charge in [-0.3, -0.25) is 0 Å². The lowest BCUT2D eigenvalue weighted by Crippen LogP contribution is -2.38. The molecular weight excluding hydrogens is 569 g/mol. The van der Waals surface area contributed by atoms with Crippen molar-refractivity contribution in [3.8, 4) is 5.88 Å². The van der Waals surface area contributed by atoms with Crippen LogP contribution in [0.2, 0.25) is 0 Å². The molecule has 2 heterocycles. The second-order valence-electron chi connectivity index (χ2n) is 10.9. The first-order valence-corrected chi connectivity index (χ1v) is 15.1. The first-order valence-electron chi connectivity index (χ1n) is 15.1. The van der Waals surface area contributed by atoms with E-state index >= 15 is 4.39 Å². The van der Waals surface area contributed by atoms with E-state index in [-0.39, 0.29) is 24.7 Å². The summed E-state index contributed by atoms with van der Waals surface area (Å²) in [5.74, 6) is -0.481. The minimum Gasteiger partial charge on any atom is -0.473 e. The van der Waals surface area contributed by atoms with Gasteiger partial charge in [0.15, 0.2) is 0 Å². The monoisotopic (exact) mass is 605 g/mol. The molecule has 1 aromatic heterocycles. The van der Waals surface area contributed by atoms with Crippen LogP contribution in [0.15, 0.2) is 133 Å². The highest BCUT2D eigenvalue weighted by Gasteiger charge is 2.48. The van der Waals surface area contributed by atoms with E-state index in [1.54, 1.807) is 12.1 Å². The zero-order valence-corrected chi connectivity index (χ0v) is 24.9. The molecule has 6 rings (SSSR count). The minimum absolute atomic E-state index is 0.194. The van der Waals surface area contributed by atoms with E-state index in [2.05, 4.69) is 4.98 Å². The molecule has 0 saturated carbocycles. The van der Waals surface area contributed by atoms with Crippen molar-refractivity contribution in [1.29, 1.82) is 0 Å². The third kappa shape index (κ3) is 8.41. The van der Waals surface area contributed by atoms with Crippen LogP contribution in [0, 0.1) is 5.95 Å². The number of rotatable bonds is 14. The smallest absolute Gasteiger partial charge is 0.222 e. The van der Waals surface area contributed by atoms with Crippen LogP contribution in [0.4, 0.5) is 4.39 Å². The van der Waals surface area contributed by atoms with E-state index in [4.69, 9.17) is 23.7 Å². The number of ether oxygens (including phenoxy) is 5. The third-order valence-electron chi connectivity index (χ3n) is 7.66. The van der Waals surface area contributed by atoms with Gasteiger partial charge < -0.3 is 23.7 Å². The maximum atomic E-state index is 15.7. The predicted molar refractivity (Wildman–Crippen MR) is 169 cm³/mol. The first-order chi connectivity index (χ1) is 22.2. The highest BCUT2D eigenvalue weighted by molar-refractivity contribution is 5.25. The molecule has 2 unspecified atom stereocenters. The fourth-order valence-corrected chi connectivity index (χ4v) is 5.35. The Morgan fingerprint density at radius 2 is 1.04 bits per heavy atom. The van der Waals surface area contributed by atoms with E-state index in [1.807, 2.05) is 121 Å². The second kappa shape index (κ2) is 15.5. The van der Waals surface area contributed by atoms with Crippen molar-refractivity contribution in [1.82, 2.24) is 4.98 Å². The van der Waals surface area contributed by atoms with Crippen LogP contribution >= 0.6 is 0 Å². The molecule has 5 aromatic rings. The summed E-state index contributed by atoms with van der Waals surface area (Å²) in [5.41, 5.74) is 4.30. The van der Waals surface area contributed by atoms with Gasteiger partial charge in [0.2, 0.25) is 11.8 Å². The van der Waals surface area contributed by atoms with Crippen molar-refractivity contribution in [3.05, 3.63) is 167 Å². The van der Waals surface area contributed by atoms with Gasteiger partial charge in [-0.15, -0.1) is 0 Å². The van der Waals surface area contributed by atoms with Gasteiger partial charge in [0, 0.05) is 11.6 Å². The molecule has 230 valence electrons. The molecule has 1 aliphatic heterocycles. The van der Waals surface area contributed by atoms with Crippen molar-refractivity contribution < 1.29 is 28.1 Å². The summed E-state index contributed by atoms with van der Waals surface area (Å²) in [6.07, 6.45) is -2.47.